The van der Waals surface area contributed by atoms with Crippen molar-refractivity contribution < 1.29 is 14.4 Å². The Labute approximate surface area is 141 Å². The SMILES string of the molecule is Cc1c(NC(=O)N[C@H]2CCC[C@@H]2C)cccc1N1C(=O)CCC1=O. The number of hydrogen-bond donors (Lipinski definition) is 2. The second-order valence-electron chi connectivity index (χ2n) is 6.69. The van der Waals surface area contributed by atoms with Gasteiger partial charge in [-0.25, -0.2) is 4.79 Å². The van der Waals surface area contributed by atoms with Crippen LogP contribution in [0.25, 0.3) is 0 Å². The monoisotopic (exact) mass is 329 g/mol. The number of anilines is 2. The number of benzene rings is 1. The van der Waals surface area contributed by atoms with Crippen molar-refractivity contribution in [3.8, 4) is 0 Å². The highest BCUT2D eigenvalue weighted by Gasteiger charge is 2.32. The Balaban J connectivity index is 1.74. The van der Waals surface area contributed by atoms with Crippen molar-refractivity contribution in [3.05, 3.63) is 23.8 Å². The molecule has 0 radical (unpaired) electrons. The summed E-state index contributed by atoms with van der Waals surface area (Å²) in [6.45, 7) is 3.95. The molecule has 1 aromatic carbocycles. The van der Waals surface area contributed by atoms with E-state index in [0.717, 1.165) is 24.8 Å². The van der Waals surface area contributed by atoms with Crippen LogP contribution in [0.3, 0.4) is 0 Å². The predicted molar refractivity (Wildman–Crippen MR) is 91.9 cm³/mol. The number of urea groups is 1. The summed E-state index contributed by atoms with van der Waals surface area (Å²) >= 11 is 0. The number of rotatable bonds is 3. The zero-order chi connectivity index (χ0) is 17.3. The van der Waals surface area contributed by atoms with Crippen molar-refractivity contribution in [2.45, 2.75) is 52.0 Å². The molecule has 4 amide bonds. The second-order valence-corrected chi connectivity index (χ2v) is 6.69. The van der Waals surface area contributed by atoms with E-state index in [2.05, 4.69) is 17.6 Å². The maximum atomic E-state index is 12.3. The van der Waals surface area contributed by atoms with Crippen molar-refractivity contribution in [3.63, 3.8) is 0 Å². The van der Waals surface area contributed by atoms with Crippen LogP contribution in [-0.2, 0) is 9.59 Å². The fourth-order valence-electron chi connectivity index (χ4n) is 3.53. The van der Waals surface area contributed by atoms with Crippen LogP contribution >= 0.6 is 0 Å². The smallest absolute Gasteiger partial charge is 0.319 e. The summed E-state index contributed by atoms with van der Waals surface area (Å²) < 4.78 is 0. The highest BCUT2D eigenvalue weighted by Crippen LogP contribution is 2.31. The lowest BCUT2D eigenvalue weighted by Gasteiger charge is -2.21. The minimum Gasteiger partial charge on any atom is -0.335 e. The lowest BCUT2D eigenvalue weighted by atomic mass is 10.1. The molecule has 2 atom stereocenters. The first kappa shape index (κ1) is 16.5. The van der Waals surface area contributed by atoms with E-state index in [1.807, 2.05) is 6.92 Å². The third-order valence-corrected chi connectivity index (χ3v) is 5.02. The molecule has 3 rings (SSSR count). The Bertz CT molecular complexity index is 670. The Hall–Kier alpha value is -2.37. The number of imide groups is 1. The molecule has 1 heterocycles. The normalized spacial score (nSPS) is 23.7. The molecule has 6 nitrogen and oxygen atoms in total. The first-order chi connectivity index (χ1) is 11.5. The molecule has 1 aromatic rings. The number of hydrogen-bond acceptors (Lipinski definition) is 3. The fraction of sp³-hybridized carbons (Fsp3) is 0.500. The van der Waals surface area contributed by atoms with Crippen LogP contribution in [0.5, 0.6) is 0 Å². The van der Waals surface area contributed by atoms with Crippen molar-refractivity contribution >= 4 is 29.2 Å². The van der Waals surface area contributed by atoms with E-state index in [1.54, 1.807) is 18.2 Å². The molecule has 128 valence electrons. The van der Waals surface area contributed by atoms with E-state index in [1.165, 1.54) is 4.90 Å². The molecule has 2 N–H and O–H groups in total. The zero-order valence-electron chi connectivity index (χ0n) is 14.1. The third-order valence-electron chi connectivity index (χ3n) is 5.02. The van der Waals surface area contributed by atoms with Gasteiger partial charge in [0.1, 0.15) is 0 Å². The molecule has 0 unspecified atom stereocenters. The maximum Gasteiger partial charge on any atom is 0.319 e. The Morgan fingerprint density at radius 3 is 2.50 bits per heavy atom. The van der Waals surface area contributed by atoms with Gasteiger partial charge in [-0.1, -0.05) is 19.4 Å². The first-order valence-corrected chi connectivity index (χ1v) is 8.50. The van der Waals surface area contributed by atoms with Gasteiger partial charge in [-0.3, -0.25) is 14.5 Å². The lowest BCUT2D eigenvalue weighted by Crippen LogP contribution is -2.39. The Morgan fingerprint density at radius 1 is 1.17 bits per heavy atom. The van der Waals surface area contributed by atoms with Gasteiger partial charge in [-0.2, -0.15) is 0 Å². The Kier molecular flexibility index (Phi) is 4.55. The third kappa shape index (κ3) is 3.13. The molecule has 1 aliphatic heterocycles. The van der Waals surface area contributed by atoms with E-state index in [0.29, 0.717) is 17.3 Å². The molecule has 0 spiro atoms. The number of carbonyl (C=O) groups is 3. The van der Waals surface area contributed by atoms with E-state index in [9.17, 15) is 14.4 Å². The van der Waals surface area contributed by atoms with Crippen molar-refractivity contribution in [1.82, 2.24) is 5.32 Å². The number of carbonyl (C=O) groups excluding carboxylic acids is 3. The van der Waals surface area contributed by atoms with Gasteiger partial charge in [0, 0.05) is 24.6 Å². The Morgan fingerprint density at radius 2 is 1.88 bits per heavy atom. The van der Waals surface area contributed by atoms with Gasteiger partial charge in [0.25, 0.3) is 0 Å². The quantitative estimate of drug-likeness (QED) is 0.837. The predicted octanol–water partition coefficient (Wildman–Crippen LogP) is 2.96. The summed E-state index contributed by atoms with van der Waals surface area (Å²) in [7, 11) is 0. The van der Waals surface area contributed by atoms with Crippen molar-refractivity contribution in [1.29, 1.82) is 0 Å². The minimum atomic E-state index is -0.243. The number of nitrogens with zero attached hydrogens (tertiary/aromatic N) is 1. The summed E-state index contributed by atoms with van der Waals surface area (Å²) in [5, 5.41) is 5.87. The topological polar surface area (TPSA) is 78.5 Å². The maximum absolute atomic E-state index is 12.3. The van der Waals surface area contributed by atoms with Gasteiger partial charge < -0.3 is 10.6 Å². The van der Waals surface area contributed by atoms with Crippen LogP contribution in [0.2, 0.25) is 0 Å². The highest BCUT2D eigenvalue weighted by atomic mass is 16.2. The van der Waals surface area contributed by atoms with Crippen LogP contribution in [0.1, 0.15) is 44.6 Å². The first-order valence-electron chi connectivity index (χ1n) is 8.50. The van der Waals surface area contributed by atoms with E-state index in [-0.39, 0.29) is 36.7 Å². The standard InChI is InChI=1S/C18H23N3O3/c1-11-5-3-6-13(11)19-18(24)20-14-7-4-8-15(12(14)2)21-16(22)9-10-17(21)23/h4,7-8,11,13H,3,5-6,9-10H2,1-2H3,(H2,19,20,24)/t11-,13-/m0/s1. The van der Waals surface area contributed by atoms with Crippen LogP contribution in [-0.4, -0.2) is 23.9 Å². The van der Waals surface area contributed by atoms with Crippen molar-refractivity contribution in [2.75, 3.05) is 10.2 Å². The highest BCUT2D eigenvalue weighted by molar-refractivity contribution is 6.20. The molecular weight excluding hydrogens is 306 g/mol. The lowest BCUT2D eigenvalue weighted by molar-refractivity contribution is -0.121. The molecule has 0 bridgehead atoms. The zero-order valence-corrected chi connectivity index (χ0v) is 14.1. The molecular formula is C18H23N3O3. The average Bonchev–Trinajstić information content (AvgIpc) is 3.08. The van der Waals surface area contributed by atoms with Crippen LogP contribution in [0.15, 0.2) is 18.2 Å². The minimum absolute atomic E-state index is 0.190. The van der Waals surface area contributed by atoms with Crippen LogP contribution in [0.4, 0.5) is 16.2 Å². The molecule has 1 saturated heterocycles. The summed E-state index contributed by atoms with van der Waals surface area (Å²) in [6, 6.07) is 5.22. The fourth-order valence-corrected chi connectivity index (χ4v) is 3.53. The van der Waals surface area contributed by atoms with Gasteiger partial charge >= 0.3 is 6.03 Å². The van der Waals surface area contributed by atoms with Crippen molar-refractivity contribution in [2.24, 2.45) is 5.92 Å². The number of amides is 4. The molecule has 1 aliphatic carbocycles. The molecule has 2 fully saturated rings. The van der Waals surface area contributed by atoms with Crippen LogP contribution < -0.4 is 15.5 Å². The van der Waals surface area contributed by atoms with Gasteiger partial charge in [0.2, 0.25) is 11.8 Å². The molecule has 1 saturated carbocycles. The molecule has 2 aliphatic rings. The summed E-state index contributed by atoms with van der Waals surface area (Å²) in [4.78, 5) is 37.4. The molecule has 6 heteroatoms. The van der Waals surface area contributed by atoms with E-state index < -0.39 is 0 Å². The number of nitrogens with one attached hydrogen (secondary N) is 2. The average molecular weight is 329 g/mol. The second kappa shape index (κ2) is 6.63. The van der Waals surface area contributed by atoms with E-state index in [4.69, 9.17) is 0 Å². The molecule has 0 aromatic heterocycles. The van der Waals surface area contributed by atoms with Gasteiger partial charge in [0.15, 0.2) is 0 Å². The van der Waals surface area contributed by atoms with Gasteiger partial charge in [0.05, 0.1) is 5.69 Å². The summed E-state index contributed by atoms with van der Waals surface area (Å²) in [6.07, 6.45) is 3.77. The van der Waals surface area contributed by atoms with Crippen LogP contribution in [0, 0.1) is 12.8 Å². The summed E-state index contributed by atoms with van der Waals surface area (Å²) in [5.74, 6) is 0.108. The van der Waals surface area contributed by atoms with Gasteiger partial charge in [-0.15, -0.1) is 0 Å². The summed E-state index contributed by atoms with van der Waals surface area (Å²) in [5.41, 5.74) is 1.88. The largest absolute Gasteiger partial charge is 0.335 e. The van der Waals surface area contributed by atoms with Gasteiger partial charge in [-0.05, 0) is 43.4 Å². The van der Waals surface area contributed by atoms with E-state index >= 15 is 0 Å². The molecule has 24 heavy (non-hydrogen) atoms.